The fourth-order valence-electron chi connectivity index (χ4n) is 7.16. The van der Waals surface area contributed by atoms with E-state index in [0.717, 1.165) is 32.2 Å². The second-order valence-corrected chi connectivity index (χ2v) is 11.9. The number of nitrogens with one attached hydrogen (secondary N) is 1. The van der Waals surface area contributed by atoms with Crippen LogP contribution in [-0.4, -0.2) is 34.8 Å². The standard InChI is InChI=1S/C28H36N2O2/c1-26(2)16-23-17-27(3,18-26)19-30(23)25(32)11-13-28(12-10-24(31)29-28)15-20-8-9-21-6-4-5-7-22(21)14-20/h4-9,14,23H,10-13,15-19H2,1-3H3,(H,29,31)/t23-,27-,28+/m1/s1. The van der Waals surface area contributed by atoms with Crippen LogP contribution in [-0.2, 0) is 16.0 Å². The smallest absolute Gasteiger partial charge is 0.222 e. The summed E-state index contributed by atoms with van der Waals surface area (Å²) < 4.78 is 0. The molecule has 1 saturated carbocycles. The zero-order valence-corrected chi connectivity index (χ0v) is 19.7. The van der Waals surface area contributed by atoms with E-state index in [2.05, 4.69) is 73.5 Å². The average Bonchev–Trinajstić information content (AvgIpc) is 3.21. The quantitative estimate of drug-likeness (QED) is 0.703. The van der Waals surface area contributed by atoms with E-state index in [-0.39, 0.29) is 22.8 Å². The van der Waals surface area contributed by atoms with Crippen molar-refractivity contribution >= 4 is 22.6 Å². The number of hydrogen-bond donors (Lipinski definition) is 1. The Morgan fingerprint density at radius 2 is 1.88 bits per heavy atom. The lowest BCUT2D eigenvalue weighted by Gasteiger charge is -2.39. The predicted octanol–water partition coefficient (Wildman–Crippen LogP) is 5.24. The SMILES string of the molecule is CC1(C)C[C@@H]2C[C@@](C)(CN2C(=O)CC[C@]2(Cc3ccc4ccccc4c3)CCC(=O)N2)C1. The van der Waals surface area contributed by atoms with Crippen molar-refractivity contribution in [3.05, 3.63) is 48.0 Å². The second-order valence-electron chi connectivity index (χ2n) is 11.9. The van der Waals surface area contributed by atoms with Crippen molar-refractivity contribution in [2.75, 3.05) is 6.54 Å². The van der Waals surface area contributed by atoms with Gasteiger partial charge in [0.15, 0.2) is 0 Å². The Balaban J connectivity index is 1.30. The summed E-state index contributed by atoms with van der Waals surface area (Å²) in [5, 5.41) is 5.72. The highest BCUT2D eigenvalue weighted by Crippen LogP contribution is 2.52. The first kappa shape index (κ1) is 21.5. The molecule has 0 spiro atoms. The molecule has 3 atom stereocenters. The maximum absolute atomic E-state index is 13.4. The molecule has 2 aromatic rings. The van der Waals surface area contributed by atoms with Crippen molar-refractivity contribution < 1.29 is 9.59 Å². The van der Waals surface area contributed by atoms with Gasteiger partial charge < -0.3 is 10.2 Å². The Labute approximate surface area is 191 Å². The number of fused-ring (bicyclic) bond motifs is 3. The van der Waals surface area contributed by atoms with Crippen molar-refractivity contribution in [3.8, 4) is 0 Å². The van der Waals surface area contributed by atoms with Gasteiger partial charge in [0, 0.05) is 31.0 Å². The topological polar surface area (TPSA) is 49.4 Å². The summed E-state index contributed by atoms with van der Waals surface area (Å²) in [5.41, 5.74) is 1.48. The van der Waals surface area contributed by atoms with E-state index in [1.165, 1.54) is 22.8 Å². The molecule has 1 N–H and O–H groups in total. The fourth-order valence-corrected chi connectivity index (χ4v) is 7.16. The summed E-state index contributed by atoms with van der Waals surface area (Å²) >= 11 is 0. The van der Waals surface area contributed by atoms with Gasteiger partial charge in [-0.15, -0.1) is 0 Å². The molecule has 3 fully saturated rings. The van der Waals surface area contributed by atoms with Crippen LogP contribution >= 0.6 is 0 Å². The molecule has 4 nitrogen and oxygen atoms in total. The highest BCUT2D eigenvalue weighted by Gasteiger charge is 2.51. The molecule has 2 saturated heterocycles. The Hall–Kier alpha value is -2.36. The molecule has 2 heterocycles. The summed E-state index contributed by atoms with van der Waals surface area (Å²) in [6.45, 7) is 7.94. The molecule has 0 unspecified atom stereocenters. The Morgan fingerprint density at radius 1 is 1.09 bits per heavy atom. The van der Waals surface area contributed by atoms with E-state index in [4.69, 9.17) is 0 Å². The number of rotatable bonds is 5. The van der Waals surface area contributed by atoms with E-state index in [9.17, 15) is 9.59 Å². The van der Waals surface area contributed by atoms with Gasteiger partial charge >= 0.3 is 0 Å². The lowest BCUT2D eigenvalue weighted by molar-refractivity contribution is -0.133. The van der Waals surface area contributed by atoms with Crippen molar-refractivity contribution in [2.45, 2.75) is 83.7 Å². The van der Waals surface area contributed by atoms with Crippen LogP contribution in [0.5, 0.6) is 0 Å². The van der Waals surface area contributed by atoms with E-state index in [1.807, 2.05) is 0 Å². The molecule has 5 rings (SSSR count). The van der Waals surface area contributed by atoms with Crippen molar-refractivity contribution in [2.24, 2.45) is 10.8 Å². The Bertz CT molecular complexity index is 1060. The van der Waals surface area contributed by atoms with Crippen LogP contribution in [0, 0.1) is 10.8 Å². The van der Waals surface area contributed by atoms with E-state index in [0.29, 0.717) is 30.7 Å². The number of carbonyl (C=O) groups is 2. The molecule has 1 aliphatic carbocycles. The van der Waals surface area contributed by atoms with Gasteiger partial charge in [0.1, 0.15) is 0 Å². The average molecular weight is 433 g/mol. The fraction of sp³-hybridized carbons (Fsp3) is 0.571. The first-order valence-electron chi connectivity index (χ1n) is 12.2. The van der Waals surface area contributed by atoms with Gasteiger partial charge in [0.2, 0.25) is 11.8 Å². The van der Waals surface area contributed by atoms with Gasteiger partial charge in [0.05, 0.1) is 0 Å². The molecule has 2 bridgehead atoms. The maximum Gasteiger partial charge on any atom is 0.222 e. The first-order valence-corrected chi connectivity index (χ1v) is 12.2. The summed E-state index contributed by atoms with van der Waals surface area (Å²) in [5.74, 6) is 0.389. The van der Waals surface area contributed by atoms with Gasteiger partial charge in [-0.25, -0.2) is 0 Å². The molecular formula is C28H36N2O2. The lowest BCUT2D eigenvalue weighted by Crippen LogP contribution is -2.45. The van der Waals surface area contributed by atoms with Gasteiger partial charge in [-0.05, 0) is 65.7 Å². The van der Waals surface area contributed by atoms with Crippen LogP contribution in [0.1, 0.15) is 71.3 Å². The normalized spacial score (nSPS) is 31.2. The number of carbonyl (C=O) groups excluding carboxylic acids is 2. The maximum atomic E-state index is 13.4. The minimum absolute atomic E-state index is 0.115. The van der Waals surface area contributed by atoms with E-state index < -0.39 is 0 Å². The summed E-state index contributed by atoms with van der Waals surface area (Å²) in [6.07, 6.45) is 6.82. The molecule has 4 heteroatoms. The van der Waals surface area contributed by atoms with Crippen LogP contribution in [0.25, 0.3) is 10.8 Å². The van der Waals surface area contributed by atoms with Gasteiger partial charge in [0.25, 0.3) is 0 Å². The van der Waals surface area contributed by atoms with E-state index in [1.54, 1.807) is 0 Å². The monoisotopic (exact) mass is 432 g/mol. The van der Waals surface area contributed by atoms with Crippen LogP contribution in [0.3, 0.4) is 0 Å². The zero-order chi connectivity index (χ0) is 22.6. The number of benzene rings is 2. The Morgan fingerprint density at radius 3 is 2.62 bits per heavy atom. The number of hydrogen-bond acceptors (Lipinski definition) is 2. The minimum atomic E-state index is -0.312. The summed E-state index contributed by atoms with van der Waals surface area (Å²) in [6, 6.07) is 15.3. The molecule has 0 radical (unpaired) electrons. The Kier molecular flexibility index (Phi) is 5.11. The van der Waals surface area contributed by atoms with E-state index >= 15 is 0 Å². The van der Waals surface area contributed by atoms with Crippen molar-refractivity contribution in [3.63, 3.8) is 0 Å². The summed E-state index contributed by atoms with van der Waals surface area (Å²) in [7, 11) is 0. The molecule has 2 amide bonds. The molecule has 2 aromatic carbocycles. The predicted molar refractivity (Wildman–Crippen MR) is 128 cm³/mol. The van der Waals surface area contributed by atoms with Crippen LogP contribution in [0.15, 0.2) is 42.5 Å². The molecule has 32 heavy (non-hydrogen) atoms. The third-order valence-corrected chi connectivity index (χ3v) is 8.14. The minimum Gasteiger partial charge on any atom is -0.350 e. The highest BCUT2D eigenvalue weighted by molar-refractivity contribution is 5.83. The third kappa shape index (κ3) is 4.16. The molecule has 0 aromatic heterocycles. The van der Waals surface area contributed by atoms with Crippen molar-refractivity contribution in [1.29, 1.82) is 0 Å². The van der Waals surface area contributed by atoms with Crippen molar-refractivity contribution in [1.82, 2.24) is 10.2 Å². The highest BCUT2D eigenvalue weighted by atomic mass is 16.2. The lowest BCUT2D eigenvalue weighted by atomic mass is 9.65. The molecule has 2 aliphatic heterocycles. The molecule has 3 aliphatic rings. The molecule has 170 valence electrons. The molecular weight excluding hydrogens is 396 g/mol. The summed E-state index contributed by atoms with van der Waals surface area (Å²) in [4.78, 5) is 27.8. The van der Waals surface area contributed by atoms with Crippen LogP contribution in [0.2, 0.25) is 0 Å². The van der Waals surface area contributed by atoms with Gasteiger partial charge in [-0.2, -0.15) is 0 Å². The van der Waals surface area contributed by atoms with Crippen LogP contribution < -0.4 is 5.32 Å². The zero-order valence-electron chi connectivity index (χ0n) is 19.7. The number of amides is 2. The van der Waals surface area contributed by atoms with Crippen LogP contribution in [0.4, 0.5) is 0 Å². The van der Waals surface area contributed by atoms with Gasteiger partial charge in [-0.3, -0.25) is 9.59 Å². The largest absolute Gasteiger partial charge is 0.350 e. The second kappa shape index (κ2) is 7.60. The number of likely N-dealkylation sites (tertiary alicyclic amines) is 1. The first-order chi connectivity index (χ1) is 15.1. The number of nitrogens with zero attached hydrogens (tertiary/aromatic N) is 1. The van der Waals surface area contributed by atoms with Gasteiger partial charge in [-0.1, -0.05) is 63.2 Å². The third-order valence-electron chi connectivity index (χ3n) is 8.14.